The summed E-state index contributed by atoms with van der Waals surface area (Å²) in [4.78, 5) is 8.56. The van der Waals surface area contributed by atoms with Crippen LogP contribution in [0.3, 0.4) is 0 Å². The Kier molecular flexibility index (Phi) is 7.81. The first-order chi connectivity index (χ1) is 13.6. The van der Waals surface area contributed by atoms with Gasteiger partial charge in [0.05, 0.1) is 13.2 Å². The predicted molar refractivity (Wildman–Crippen MR) is 113 cm³/mol. The van der Waals surface area contributed by atoms with Gasteiger partial charge in [0.25, 0.3) is 0 Å². The van der Waals surface area contributed by atoms with E-state index in [-0.39, 0.29) is 0 Å². The molecule has 2 aromatic rings. The van der Waals surface area contributed by atoms with Crippen LogP contribution < -0.4 is 10.6 Å². The summed E-state index contributed by atoms with van der Waals surface area (Å²) in [5, 5.41) is 17.4. The summed E-state index contributed by atoms with van der Waals surface area (Å²) in [7, 11) is 1.97. The van der Waals surface area contributed by atoms with Gasteiger partial charge in [-0.3, -0.25) is 4.90 Å². The highest BCUT2D eigenvalue weighted by atomic mass is 32.1. The minimum absolute atomic E-state index is 0.422. The Bertz CT molecular complexity index is 738. The average Bonchev–Trinajstić information content (AvgIpc) is 3.35. The molecule has 154 valence electrons. The van der Waals surface area contributed by atoms with Gasteiger partial charge >= 0.3 is 0 Å². The summed E-state index contributed by atoms with van der Waals surface area (Å²) in [6.07, 6.45) is 0.987. The van der Waals surface area contributed by atoms with Crippen LogP contribution in [0.15, 0.2) is 22.5 Å². The highest BCUT2D eigenvalue weighted by molar-refractivity contribution is 7.09. The van der Waals surface area contributed by atoms with Crippen molar-refractivity contribution in [1.82, 2.24) is 30.3 Å². The molecule has 0 spiro atoms. The van der Waals surface area contributed by atoms with Gasteiger partial charge < -0.3 is 19.9 Å². The van der Waals surface area contributed by atoms with Crippen LogP contribution in [0.1, 0.15) is 23.4 Å². The van der Waals surface area contributed by atoms with Gasteiger partial charge in [0.2, 0.25) is 0 Å². The first-order valence-electron chi connectivity index (χ1n) is 9.84. The van der Waals surface area contributed by atoms with E-state index < -0.39 is 0 Å². The van der Waals surface area contributed by atoms with Crippen LogP contribution in [0.25, 0.3) is 0 Å². The first-order valence-corrected chi connectivity index (χ1v) is 10.7. The fourth-order valence-electron chi connectivity index (χ4n) is 3.06. The number of guanidine groups is 1. The Labute approximate surface area is 171 Å². The lowest BCUT2D eigenvalue weighted by Gasteiger charge is -2.32. The fourth-order valence-corrected chi connectivity index (χ4v) is 3.77. The molecule has 0 aliphatic carbocycles. The Hall–Kier alpha value is -1.97. The van der Waals surface area contributed by atoms with Crippen molar-refractivity contribution in [1.29, 1.82) is 0 Å². The van der Waals surface area contributed by atoms with Crippen LogP contribution in [0.5, 0.6) is 0 Å². The molecule has 2 N–H and O–H groups in total. The van der Waals surface area contributed by atoms with Gasteiger partial charge in [-0.05, 0) is 31.7 Å². The summed E-state index contributed by atoms with van der Waals surface area (Å²) >= 11 is 1.79. The van der Waals surface area contributed by atoms with E-state index in [0.29, 0.717) is 12.6 Å². The molecule has 0 radical (unpaired) electrons. The van der Waals surface area contributed by atoms with Crippen LogP contribution in [0.2, 0.25) is 0 Å². The van der Waals surface area contributed by atoms with Crippen molar-refractivity contribution in [3.63, 3.8) is 0 Å². The van der Waals surface area contributed by atoms with Crippen LogP contribution >= 0.6 is 11.3 Å². The Morgan fingerprint density at radius 1 is 1.32 bits per heavy atom. The monoisotopic (exact) mass is 405 g/mol. The van der Waals surface area contributed by atoms with E-state index in [1.165, 1.54) is 4.88 Å². The number of rotatable bonds is 8. The van der Waals surface area contributed by atoms with E-state index in [1.807, 2.05) is 18.5 Å². The lowest BCUT2D eigenvalue weighted by molar-refractivity contribution is 0.0211. The molecule has 8 nitrogen and oxygen atoms in total. The highest BCUT2D eigenvalue weighted by Gasteiger charge is 2.17. The van der Waals surface area contributed by atoms with Crippen molar-refractivity contribution in [2.45, 2.75) is 32.9 Å². The maximum Gasteiger partial charge on any atom is 0.191 e. The second-order valence-corrected chi connectivity index (χ2v) is 8.05. The Balaban J connectivity index is 1.55. The second kappa shape index (κ2) is 10.5. The van der Waals surface area contributed by atoms with Crippen molar-refractivity contribution in [2.75, 3.05) is 39.4 Å². The zero-order valence-electron chi connectivity index (χ0n) is 17.0. The molecule has 1 aliphatic rings. The summed E-state index contributed by atoms with van der Waals surface area (Å²) < 4.78 is 7.43. The normalized spacial score (nSPS) is 16.9. The number of nitrogens with one attached hydrogen (secondary N) is 2. The molecule has 1 unspecified atom stereocenters. The molecular formula is C19H31N7OS. The lowest BCUT2D eigenvalue weighted by Crippen LogP contribution is -2.49. The molecule has 3 heterocycles. The SMILES string of the molecule is Cc1nnc(CN=C(NCCc2cccs2)NCC(C)N2CCOCC2)n1C. The summed E-state index contributed by atoms with van der Waals surface area (Å²) in [6, 6.07) is 4.68. The van der Waals surface area contributed by atoms with Crippen LogP contribution in [-0.2, 0) is 24.8 Å². The zero-order valence-corrected chi connectivity index (χ0v) is 17.8. The molecular weight excluding hydrogens is 374 g/mol. The maximum atomic E-state index is 5.45. The second-order valence-electron chi connectivity index (χ2n) is 7.02. The lowest BCUT2D eigenvalue weighted by atomic mass is 10.2. The van der Waals surface area contributed by atoms with E-state index in [9.17, 15) is 0 Å². The third-order valence-electron chi connectivity index (χ3n) is 5.04. The smallest absolute Gasteiger partial charge is 0.191 e. The molecule has 0 bridgehead atoms. The van der Waals surface area contributed by atoms with Crippen molar-refractivity contribution < 1.29 is 4.74 Å². The van der Waals surface area contributed by atoms with Gasteiger partial charge in [0.15, 0.2) is 11.8 Å². The number of aliphatic imine (C=N–C) groups is 1. The number of aromatic nitrogens is 3. The third-order valence-corrected chi connectivity index (χ3v) is 5.98. The number of aryl methyl sites for hydroxylation is 1. The van der Waals surface area contributed by atoms with Gasteiger partial charge in [-0.15, -0.1) is 21.5 Å². The minimum Gasteiger partial charge on any atom is -0.379 e. The number of hydrogen-bond acceptors (Lipinski definition) is 6. The molecule has 28 heavy (non-hydrogen) atoms. The molecule has 0 amide bonds. The Morgan fingerprint density at radius 2 is 2.14 bits per heavy atom. The van der Waals surface area contributed by atoms with Gasteiger partial charge in [-0.2, -0.15) is 0 Å². The zero-order chi connectivity index (χ0) is 19.8. The topological polar surface area (TPSA) is 79.6 Å². The molecule has 1 fully saturated rings. The number of nitrogens with zero attached hydrogens (tertiary/aromatic N) is 5. The van der Waals surface area contributed by atoms with Crippen LogP contribution in [-0.4, -0.2) is 71.1 Å². The van der Waals surface area contributed by atoms with Crippen molar-refractivity contribution >= 4 is 17.3 Å². The van der Waals surface area contributed by atoms with Gasteiger partial charge in [0.1, 0.15) is 12.4 Å². The summed E-state index contributed by atoms with van der Waals surface area (Å²) in [5.74, 6) is 2.57. The number of thiophene rings is 1. The van der Waals surface area contributed by atoms with Gasteiger partial charge in [-0.25, -0.2) is 4.99 Å². The van der Waals surface area contributed by atoms with Crippen LogP contribution in [0, 0.1) is 6.92 Å². The van der Waals surface area contributed by atoms with Crippen molar-refractivity contribution in [2.24, 2.45) is 12.0 Å². The first kappa shape index (κ1) is 20.8. The average molecular weight is 406 g/mol. The molecule has 0 aromatic carbocycles. The van der Waals surface area contributed by atoms with E-state index in [4.69, 9.17) is 9.73 Å². The maximum absolute atomic E-state index is 5.45. The van der Waals surface area contributed by atoms with Crippen LogP contribution in [0.4, 0.5) is 0 Å². The highest BCUT2D eigenvalue weighted by Crippen LogP contribution is 2.08. The van der Waals surface area contributed by atoms with E-state index in [2.05, 4.69) is 50.2 Å². The fraction of sp³-hybridized carbons (Fsp3) is 0.632. The quantitative estimate of drug-likeness (QED) is 0.507. The van der Waals surface area contributed by atoms with Crippen molar-refractivity contribution in [3.8, 4) is 0 Å². The molecule has 1 atom stereocenters. The molecule has 9 heteroatoms. The standard InChI is InChI=1S/C19H31N7OS/c1-15(26-8-10-27-11-9-26)13-21-19(20-7-6-17-5-4-12-28-17)22-14-18-24-23-16(2)25(18)3/h4-5,12,15H,6-11,13-14H2,1-3H3,(H2,20,21,22). The van der Waals surface area contributed by atoms with E-state index in [1.54, 1.807) is 11.3 Å². The molecule has 0 saturated carbocycles. The molecule has 2 aromatic heterocycles. The summed E-state index contributed by atoms with van der Waals surface area (Å²) in [6.45, 7) is 9.97. The molecule has 1 aliphatic heterocycles. The number of hydrogen-bond donors (Lipinski definition) is 2. The predicted octanol–water partition coefficient (Wildman–Crippen LogP) is 1.18. The van der Waals surface area contributed by atoms with E-state index in [0.717, 1.165) is 63.4 Å². The minimum atomic E-state index is 0.422. The molecule has 3 rings (SSSR count). The largest absolute Gasteiger partial charge is 0.379 e. The Morgan fingerprint density at radius 3 is 2.82 bits per heavy atom. The van der Waals surface area contributed by atoms with Gasteiger partial charge in [-0.1, -0.05) is 6.07 Å². The van der Waals surface area contributed by atoms with E-state index >= 15 is 0 Å². The summed E-state index contributed by atoms with van der Waals surface area (Å²) in [5.41, 5.74) is 0. The number of ether oxygens (including phenoxy) is 1. The van der Waals surface area contributed by atoms with Gasteiger partial charge in [0, 0.05) is 44.1 Å². The number of morpholine rings is 1. The third kappa shape index (κ3) is 6.02. The van der Waals surface area contributed by atoms with Crippen molar-refractivity contribution in [3.05, 3.63) is 34.0 Å². The molecule has 1 saturated heterocycles.